The molecule has 0 saturated carbocycles. The summed E-state index contributed by atoms with van der Waals surface area (Å²) in [5.41, 5.74) is 4.04. The van der Waals surface area contributed by atoms with Crippen LogP contribution in [0.4, 0.5) is 16.2 Å². The van der Waals surface area contributed by atoms with Gasteiger partial charge in [0.25, 0.3) is 0 Å². The first-order valence-corrected chi connectivity index (χ1v) is 12.4. The maximum absolute atomic E-state index is 13.1. The van der Waals surface area contributed by atoms with E-state index in [1.165, 1.54) is 11.9 Å². The Morgan fingerprint density at radius 3 is 2.19 bits per heavy atom. The fourth-order valence-corrected chi connectivity index (χ4v) is 4.56. The summed E-state index contributed by atoms with van der Waals surface area (Å²) in [5.74, 6) is 0. The number of benzene rings is 3. The molecule has 0 aliphatic heterocycles. The van der Waals surface area contributed by atoms with E-state index in [9.17, 15) is 9.00 Å². The molecule has 1 atom stereocenters. The molecule has 0 saturated heterocycles. The number of carbonyl (C=O) groups excluding carboxylic acids is 1. The zero-order valence-electron chi connectivity index (χ0n) is 19.6. The van der Waals surface area contributed by atoms with Crippen LogP contribution in [-0.2, 0) is 17.5 Å². The predicted octanol–water partition coefficient (Wildman–Crippen LogP) is 2.70. The fraction of sp³-hybridized carbons (Fsp3) is 0.0400. The minimum absolute atomic E-state index is 0. The largest absolute Gasteiger partial charge is 0.412 e. The van der Waals surface area contributed by atoms with E-state index in [4.69, 9.17) is 5.14 Å². The number of amides is 2. The van der Waals surface area contributed by atoms with E-state index >= 15 is 0 Å². The number of nitrogens with two attached hydrogens (primary N) is 1. The first-order chi connectivity index (χ1) is 16.6. The van der Waals surface area contributed by atoms with Crippen LogP contribution in [0, 0.1) is 0 Å². The Kier molecular flexibility index (Phi) is 13.0. The van der Waals surface area contributed by atoms with Crippen molar-refractivity contribution in [2.24, 2.45) is 5.14 Å². The SMILES string of the molecule is NSc1ccc(-c2ccccc2S(=O)Nc2ccc(NC(=O)NCc3cccnc3)cc2)cc1.O.O.O. The normalized spacial score (nSPS) is 10.5. The van der Waals surface area contributed by atoms with Crippen molar-refractivity contribution in [3.8, 4) is 11.1 Å². The Morgan fingerprint density at radius 2 is 1.54 bits per heavy atom. The molecule has 12 heteroatoms. The number of nitrogens with one attached hydrogen (secondary N) is 3. The summed E-state index contributed by atoms with van der Waals surface area (Å²) in [6.07, 6.45) is 3.39. The molecule has 196 valence electrons. The van der Waals surface area contributed by atoms with Gasteiger partial charge in [-0.3, -0.25) is 10.1 Å². The maximum Gasteiger partial charge on any atom is 0.319 e. The molecule has 2 amide bonds. The molecular formula is C25H29N5O5S2. The number of aromatic nitrogens is 1. The van der Waals surface area contributed by atoms with E-state index in [1.807, 2.05) is 60.7 Å². The monoisotopic (exact) mass is 543 g/mol. The number of pyridine rings is 1. The average molecular weight is 544 g/mol. The van der Waals surface area contributed by atoms with Crippen molar-refractivity contribution in [3.05, 3.63) is 103 Å². The number of hydrogen-bond donors (Lipinski definition) is 4. The van der Waals surface area contributed by atoms with Crippen LogP contribution in [0.15, 0.2) is 107 Å². The minimum Gasteiger partial charge on any atom is -0.412 e. The zero-order valence-corrected chi connectivity index (χ0v) is 21.2. The molecule has 4 rings (SSSR count). The van der Waals surface area contributed by atoms with Crippen molar-refractivity contribution in [1.82, 2.24) is 10.3 Å². The lowest BCUT2D eigenvalue weighted by Gasteiger charge is -2.12. The van der Waals surface area contributed by atoms with Crippen molar-refractivity contribution < 1.29 is 25.4 Å². The molecule has 0 aliphatic rings. The fourth-order valence-electron chi connectivity index (χ4n) is 3.22. The third-order valence-electron chi connectivity index (χ3n) is 4.92. The number of nitrogens with zero attached hydrogens (tertiary/aromatic N) is 1. The first kappa shape index (κ1) is 31.3. The maximum atomic E-state index is 13.1. The highest BCUT2D eigenvalue weighted by atomic mass is 32.2. The Hall–Kier alpha value is -3.78. The third kappa shape index (κ3) is 8.68. The molecule has 3 aromatic carbocycles. The van der Waals surface area contributed by atoms with Crippen LogP contribution in [0.5, 0.6) is 0 Å². The Balaban J connectivity index is 0.00000228. The zero-order chi connectivity index (χ0) is 23.8. The van der Waals surface area contributed by atoms with Gasteiger partial charge in [0.1, 0.15) is 0 Å². The molecule has 0 aliphatic carbocycles. The smallest absolute Gasteiger partial charge is 0.319 e. The van der Waals surface area contributed by atoms with Gasteiger partial charge in [0.05, 0.1) is 4.90 Å². The van der Waals surface area contributed by atoms with Gasteiger partial charge in [-0.25, -0.2) is 9.00 Å². The van der Waals surface area contributed by atoms with Crippen molar-refractivity contribution in [2.75, 3.05) is 10.0 Å². The van der Waals surface area contributed by atoms with Crippen molar-refractivity contribution in [2.45, 2.75) is 16.3 Å². The Morgan fingerprint density at radius 1 is 0.865 bits per heavy atom. The van der Waals surface area contributed by atoms with Gasteiger partial charge >= 0.3 is 6.03 Å². The second-order valence-electron chi connectivity index (χ2n) is 7.26. The van der Waals surface area contributed by atoms with E-state index in [2.05, 4.69) is 20.3 Å². The minimum atomic E-state index is -1.48. The summed E-state index contributed by atoms with van der Waals surface area (Å²) in [7, 11) is -1.48. The molecule has 1 unspecified atom stereocenters. The van der Waals surface area contributed by atoms with E-state index in [1.54, 1.807) is 36.7 Å². The van der Waals surface area contributed by atoms with E-state index in [-0.39, 0.29) is 22.5 Å². The van der Waals surface area contributed by atoms with Gasteiger partial charge < -0.3 is 31.8 Å². The highest BCUT2D eigenvalue weighted by Crippen LogP contribution is 2.28. The lowest BCUT2D eigenvalue weighted by molar-refractivity contribution is 0.251. The molecule has 0 bridgehead atoms. The molecule has 11 N–H and O–H groups in total. The lowest BCUT2D eigenvalue weighted by atomic mass is 10.1. The summed E-state index contributed by atoms with van der Waals surface area (Å²) in [6.45, 7) is 0.380. The van der Waals surface area contributed by atoms with Gasteiger partial charge in [-0.15, -0.1) is 0 Å². The van der Waals surface area contributed by atoms with Gasteiger partial charge in [0.2, 0.25) is 0 Å². The highest BCUT2D eigenvalue weighted by molar-refractivity contribution is 7.97. The third-order valence-corrected chi connectivity index (χ3v) is 6.64. The molecule has 37 heavy (non-hydrogen) atoms. The number of carbonyl (C=O) groups is 1. The standard InChI is InChI=1S/C25H23N5O2S2.3H2O/c26-33-22-13-7-19(8-14-22)23-5-1-2-6-24(23)34(32)30-21-11-9-20(10-12-21)29-25(31)28-17-18-4-3-15-27-16-18;;;/h1-16,30H,17,26H2,(H2,28,29,31);3*1H2. The molecule has 0 spiro atoms. The summed E-state index contributed by atoms with van der Waals surface area (Å²) < 4.78 is 16.1. The number of urea groups is 1. The van der Waals surface area contributed by atoms with Gasteiger partial charge in [-0.1, -0.05) is 36.4 Å². The Bertz CT molecular complexity index is 1280. The number of anilines is 2. The van der Waals surface area contributed by atoms with Gasteiger partial charge in [0.15, 0.2) is 11.0 Å². The van der Waals surface area contributed by atoms with Crippen LogP contribution in [-0.4, -0.2) is 31.7 Å². The van der Waals surface area contributed by atoms with Crippen LogP contribution >= 0.6 is 11.9 Å². The second-order valence-corrected chi connectivity index (χ2v) is 9.14. The van der Waals surface area contributed by atoms with Gasteiger partial charge in [-0.05, 0) is 77.2 Å². The number of rotatable bonds is 8. The Labute approximate surface area is 221 Å². The van der Waals surface area contributed by atoms with E-state index < -0.39 is 11.0 Å². The van der Waals surface area contributed by atoms with Crippen LogP contribution in [0.3, 0.4) is 0 Å². The van der Waals surface area contributed by atoms with E-state index in [0.717, 1.165) is 21.6 Å². The van der Waals surface area contributed by atoms with E-state index in [0.29, 0.717) is 22.8 Å². The molecule has 1 heterocycles. The van der Waals surface area contributed by atoms with Crippen LogP contribution in [0.1, 0.15) is 5.56 Å². The van der Waals surface area contributed by atoms with Gasteiger partial charge in [-0.2, -0.15) is 0 Å². The first-order valence-electron chi connectivity index (χ1n) is 10.4. The number of hydrogen-bond acceptors (Lipinski definition) is 5. The average Bonchev–Trinajstić information content (AvgIpc) is 2.89. The quantitative estimate of drug-likeness (QED) is 0.247. The lowest BCUT2D eigenvalue weighted by Crippen LogP contribution is -2.28. The molecule has 0 fully saturated rings. The summed E-state index contributed by atoms with van der Waals surface area (Å²) in [5, 5.41) is 11.2. The molecule has 10 nitrogen and oxygen atoms in total. The second kappa shape index (κ2) is 15.4. The van der Waals surface area contributed by atoms with Crippen LogP contribution in [0.2, 0.25) is 0 Å². The molecule has 0 radical (unpaired) electrons. The van der Waals surface area contributed by atoms with Crippen LogP contribution < -0.4 is 20.5 Å². The summed E-state index contributed by atoms with van der Waals surface area (Å²) >= 11 is 1.19. The van der Waals surface area contributed by atoms with Crippen molar-refractivity contribution in [1.29, 1.82) is 0 Å². The predicted molar refractivity (Wildman–Crippen MR) is 149 cm³/mol. The topological polar surface area (TPSA) is 204 Å². The summed E-state index contributed by atoms with van der Waals surface area (Å²) in [4.78, 5) is 17.8. The molecular weight excluding hydrogens is 514 g/mol. The van der Waals surface area contributed by atoms with Crippen molar-refractivity contribution in [3.63, 3.8) is 0 Å². The van der Waals surface area contributed by atoms with Gasteiger partial charge in [0, 0.05) is 35.2 Å². The highest BCUT2D eigenvalue weighted by Gasteiger charge is 2.12. The molecule has 4 aromatic rings. The summed E-state index contributed by atoms with van der Waals surface area (Å²) in [6, 6.07) is 25.8. The van der Waals surface area contributed by atoms with Crippen molar-refractivity contribution >= 4 is 40.3 Å². The van der Waals surface area contributed by atoms with Crippen LogP contribution in [0.25, 0.3) is 11.1 Å². The molecule has 1 aromatic heterocycles.